The number of nitrogens with zero attached hydrogens (tertiary/aromatic N) is 1. The minimum absolute atomic E-state index is 0.635. The van der Waals surface area contributed by atoms with E-state index in [9.17, 15) is 0 Å². The third kappa shape index (κ3) is 10.8. The first kappa shape index (κ1) is 40.7. The van der Waals surface area contributed by atoms with E-state index in [-0.39, 0.29) is 0 Å². The standard InChI is InChI=1S/C47H90N/c1-9-10-11-12-13-14-15-16-17-18-19-20-21-22-23-24-36-48(7,8)41-32-34-46(5)40(37-41)28-29-42-44-31-30-43(39(4)27-25-26-38(2)3)47(44,6)35-33-45(42)46/h38-45H,9-37H2,1-8H3/q+1/t39-,40?,41+,42+,43-,44+,45+,46+,47-/m1/s1. The summed E-state index contributed by atoms with van der Waals surface area (Å²) >= 11 is 0. The summed E-state index contributed by atoms with van der Waals surface area (Å²) in [6.07, 6.45) is 41.8. The van der Waals surface area contributed by atoms with E-state index in [2.05, 4.69) is 55.6 Å². The third-order valence-corrected chi connectivity index (χ3v) is 16.4. The molecular formula is C47H90N+. The molecule has 0 aromatic carbocycles. The normalized spacial score (nSPS) is 34.2. The highest BCUT2D eigenvalue weighted by atomic mass is 15.3. The maximum absolute atomic E-state index is 2.81. The van der Waals surface area contributed by atoms with Gasteiger partial charge in [0.05, 0.1) is 26.7 Å². The van der Waals surface area contributed by atoms with Gasteiger partial charge < -0.3 is 4.48 Å². The molecule has 1 nitrogen and oxygen atoms in total. The molecule has 48 heavy (non-hydrogen) atoms. The van der Waals surface area contributed by atoms with Crippen LogP contribution in [0.15, 0.2) is 0 Å². The summed E-state index contributed by atoms with van der Waals surface area (Å²) in [4.78, 5) is 0. The van der Waals surface area contributed by atoms with E-state index in [1.165, 1.54) is 152 Å². The molecule has 0 bridgehead atoms. The van der Waals surface area contributed by atoms with Crippen LogP contribution < -0.4 is 0 Å². The molecule has 4 aliphatic rings. The summed E-state index contributed by atoms with van der Waals surface area (Å²) in [5, 5.41) is 0. The molecular weight excluding hydrogens is 579 g/mol. The van der Waals surface area contributed by atoms with Crippen LogP contribution in [0.3, 0.4) is 0 Å². The monoisotopic (exact) mass is 669 g/mol. The van der Waals surface area contributed by atoms with Gasteiger partial charge in [-0.05, 0) is 116 Å². The molecule has 0 spiro atoms. The average Bonchev–Trinajstić information content (AvgIpc) is 3.41. The van der Waals surface area contributed by atoms with Crippen molar-refractivity contribution in [3.8, 4) is 0 Å². The van der Waals surface area contributed by atoms with Crippen molar-refractivity contribution >= 4 is 0 Å². The SMILES string of the molecule is CCCCCCCCCCCCCCCCCC[N+](C)(C)[C@H]1CC[C@@]2(C)C(CC[C@H]3[C@@H]4CC[C@H]([C@H](C)CCCC(C)C)[C@@]4(C)CC[C@@H]32)C1. The highest BCUT2D eigenvalue weighted by Crippen LogP contribution is 2.68. The van der Waals surface area contributed by atoms with Crippen LogP contribution in [-0.4, -0.2) is 31.2 Å². The highest BCUT2D eigenvalue weighted by Gasteiger charge is 2.61. The Balaban J connectivity index is 1.11. The quantitative estimate of drug-likeness (QED) is 0.0751. The Morgan fingerprint density at radius 2 is 1.10 bits per heavy atom. The number of fused-ring (bicyclic) bond motifs is 5. The van der Waals surface area contributed by atoms with E-state index in [1.54, 1.807) is 38.5 Å². The molecule has 4 rings (SSSR count). The molecule has 0 heterocycles. The molecule has 0 radical (unpaired) electrons. The van der Waals surface area contributed by atoms with Gasteiger partial charge in [-0.15, -0.1) is 0 Å². The fourth-order valence-corrected chi connectivity index (χ4v) is 13.1. The lowest BCUT2D eigenvalue weighted by Crippen LogP contribution is -2.58. The Hall–Kier alpha value is -0.0400. The van der Waals surface area contributed by atoms with Gasteiger partial charge in [-0.1, -0.05) is 151 Å². The van der Waals surface area contributed by atoms with Gasteiger partial charge in [-0.3, -0.25) is 0 Å². The molecule has 282 valence electrons. The second-order valence-corrected chi connectivity index (χ2v) is 20.4. The summed E-state index contributed by atoms with van der Waals surface area (Å²) in [7, 11) is 5.22. The minimum Gasteiger partial charge on any atom is -0.326 e. The maximum atomic E-state index is 2.81. The number of hydrogen-bond acceptors (Lipinski definition) is 0. The molecule has 0 aromatic rings. The van der Waals surface area contributed by atoms with Crippen molar-refractivity contribution in [2.24, 2.45) is 52.3 Å². The highest BCUT2D eigenvalue weighted by molar-refractivity contribution is 5.09. The van der Waals surface area contributed by atoms with E-state index >= 15 is 0 Å². The van der Waals surface area contributed by atoms with Crippen LogP contribution in [0.4, 0.5) is 0 Å². The minimum atomic E-state index is 0.635. The van der Waals surface area contributed by atoms with Gasteiger partial charge in [0.25, 0.3) is 0 Å². The third-order valence-electron chi connectivity index (χ3n) is 16.4. The van der Waals surface area contributed by atoms with E-state index < -0.39 is 0 Å². The van der Waals surface area contributed by atoms with Crippen molar-refractivity contribution in [1.82, 2.24) is 0 Å². The van der Waals surface area contributed by atoms with Crippen LogP contribution in [0.25, 0.3) is 0 Å². The van der Waals surface area contributed by atoms with E-state index in [1.807, 2.05) is 0 Å². The van der Waals surface area contributed by atoms with Crippen molar-refractivity contribution in [2.45, 2.75) is 227 Å². The fraction of sp³-hybridized carbons (Fsp3) is 1.00. The maximum Gasteiger partial charge on any atom is 0.0889 e. The smallest absolute Gasteiger partial charge is 0.0889 e. The van der Waals surface area contributed by atoms with Gasteiger partial charge >= 0.3 is 0 Å². The first-order valence-electron chi connectivity index (χ1n) is 22.9. The van der Waals surface area contributed by atoms with E-state index in [0.717, 1.165) is 47.5 Å². The Labute approximate surface area is 303 Å². The summed E-state index contributed by atoms with van der Waals surface area (Å²) in [6.45, 7) is 16.8. The van der Waals surface area contributed by atoms with Gasteiger partial charge in [0.1, 0.15) is 0 Å². The molecule has 4 aliphatic carbocycles. The molecule has 4 saturated carbocycles. The fourth-order valence-electron chi connectivity index (χ4n) is 13.1. The Morgan fingerprint density at radius 1 is 0.562 bits per heavy atom. The van der Waals surface area contributed by atoms with Crippen molar-refractivity contribution in [3.05, 3.63) is 0 Å². The average molecular weight is 669 g/mol. The number of unbranched alkanes of at least 4 members (excludes halogenated alkanes) is 15. The molecule has 0 N–H and O–H groups in total. The molecule has 1 heteroatoms. The number of rotatable bonds is 23. The largest absolute Gasteiger partial charge is 0.326 e. The van der Waals surface area contributed by atoms with Crippen molar-refractivity contribution in [1.29, 1.82) is 0 Å². The lowest BCUT2D eigenvalue weighted by atomic mass is 9.44. The van der Waals surface area contributed by atoms with Crippen LogP contribution in [-0.2, 0) is 0 Å². The Kier molecular flexibility index (Phi) is 16.7. The van der Waals surface area contributed by atoms with Crippen LogP contribution in [0, 0.1) is 52.3 Å². The van der Waals surface area contributed by atoms with Gasteiger partial charge in [0, 0.05) is 6.42 Å². The lowest BCUT2D eigenvalue weighted by Gasteiger charge is -2.62. The number of hydrogen-bond donors (Lipinski definition) is 0. The summed E-state index contributed by atoms with van der Waals surface area (Å²) in [5.41, 5.74) is 1.28. The first-order chi connectivity index (χ1) is 23.0. The van der Waals surface area contributed by atoms with Gasteiger partial charge in [-0.25, -0.2) is 0 Å². The van der Waals surface area contributed by atoms with Crippen LogP contribution in [0.5, 0.6) is 0 Å². The first-order valence-corrected chi connectivity index (χ1v) is 22.9. The second kappa shape index (κ2) is 19.7. The lowest BCUT2D eigenvalue weighted by molar-refractivity contribution is -0.917. The van der Waals surface area contributed by atoms with Gasteiger partial charge in [0.15, 0.2) is 0 Å². The predicted octanol–water partition coefficient (Wildman–Crippen LogP) is 14.8. The van der Waals surface area contributed by atoms with Crippen molar-refractivity contribution < 1.29 is 4.48 Å². The zero-order chi connectivity index (χ0) is 34.6. The molecule has 0 amide bonds. The van der Waals surface area contributed by atoms with Crippen LogP contribution in [0.1, 0.15) is 221 Å². The van der Waals surface area contributed by atoms with Crippen molar-refractivity contribution in [2.75, 3.05) is 20.6 Å². The number of quaternary nitrogens is 1. The topological polar surface area (TPSA) is 0 Å². The molecule has 0 saturated heterocycles. The summed E-state index contributed by atoms with van der Waals surface area (Å²) in [6, 6.07) is 0.910. The van der Waals surface area contributed by atoms with Gasteiger partial charge in [0.2, 0.25) is 0 Å². The zero-order valence-corrected chi connectivity index (χ0v) is 34.6. The van der Waals surface area contributed by atoms with Crippen molar-refractivity contribution in [3.63, 3.8) is 0 Å². The molecule has 0 aliphatic heterocycles. The summed E-state index contributed by atoms with van der Waals surface area (Å²) in [5.74, 6) is 6.91. The van der Waals surface area contributed by atoms with Gasteiger partial charge in [-0.2, -0.15) is 0 Å². The predicted molar refractivity (Wildman–Crippen MR) is 213 cm³/mol. The molecule has 9 atom stereocenters. The van der Waals surface area contributed by atoms with Crippen LogP contribution in [0.2, 0.25) is 0 Å². The Bertz CT molecular complexity index is 874. The zero-order valence-electron chi connectivity index (χ0n) is 34.6. The molecule has 4 fully saturated rings. The Morgan fingerprint density at radius 3 is 1.69 bits per heavy atom. The van der Waals surface area contributed by atoms with Crippen LogP contribution >= 0.6 is 0 Å². The second-order valence-electron chi connectivity index (χ2n) is 20.4. The molecule has 1 unspecified atom stereocenters. The van der Waals surface area contributed by atoms with E-state index in [0.29, 0.717) is 10.8 Å². The summed E-state index contributed by atoms with van der Waals surface area (Å²) < 4.78 is 1.30. The molecule has 0 aromatic heterocycles. The van der Waals surface area contributed by atoms with E-state index in [4.69, 9.17) is 0 Å².